The van der Waals surface area contributed by atoms with E-state index in [4.69, 9.17) is 0 Å². The Morgan fingerprint density at radius 2 is 1.87 bits per heavy atom. The van der Waals surface area contributed by atoms with Gasteiger partial charge in [0, 0.05) is 69.5 Å². The van der Waals surface area contributed by atoms with Crippen LogP contribution < -0.4 is 15.1 Å². The normalized spacial score (nSPS) is 22.7. The molecule has 0 unspecified atom stereocenters. The molecule has 4 rings (SSSR count). The second kappa shape index (κ2) is 8.97. The number of hydrogen-bond acceptors (Lipinski definition) is 7. The zero-order valence-corrected chi connectivity index (χ0v) is 17.5. The second-order valence-electron chi connectivity index (χ2n) is 8.33. The molecule has 0 radical (unpaired) electrons. The van der Waals surface area contributed by atoms with Gasteiger partial charge in [0.1, 0.15) is 5.82 Å². The van der Waals surface area contributed by atoms with Crippen molar-refractivity contribution in [3.63, 3.8) is 0 Å². The number of piperidine rings is 1. The standard InChI is InChI=1S/C22H30N6O2/c1-26-11-13-27(14-12-26)19-5-3-18(4-6-19)21(29)25-16-22(30)7-2-10-28(17-22)20-15-23-8-9-24-20/h3-6,8-9,15,30H,2,7,10-14,16-17H2,1H3,(H,25,29)/t22-/m0/s1. The number of benzene rings is 1. The number of β-amino-alcohol motifs (C(OH)–C–C–N with tert-alkyl or cyclic N) is 1. The highest BCUT2D eigenvalue weighted by Gasteiger charge is 2.34. The molecule has 0 spiro atoms. The van der Waals surface area contributed by atoms with Crippen molar-refractivity contribution in [2.24, 2.45) is 0 Å². The number of nitrogens with one attached hydrogen (secondary N) is 1. The fourth-order valence-corrected chi connectivity index (χ4v) is 4.14. The molecular weight excluding hydrogens is 380 g/mol. The number of piperazine rings is 1. The molecule has 2 N–H and O–H groups in total. The minimum Gasteiger partial charge on any atom is -0.386 e. The summed E-state index contributed by atoms with van der Waals surface area (Å²) in [5.41, 5.74) is 0.772. The van der Waals surface area contributed by atoms with Gasteiger partial charge < -0.3 is 25.1 Å². The molecule has 2 aromatic rings. The van der Waals surface area contributed by atoms with E-state index in [1.165, 1.54) is 0 Å². The number of amides is 1. The van der Waals surface area contributed by atoms with Crippen LogP contribution in [0.25, 0.3) is 0 Å². The number of aliphatic hydroxyl groups is 1. The van der Waals surface area contributed by atoms with Gasteiger partial charge in [0.15, 0.2) is 0 Å². The number of anilines is 2. The van der Waals surface area contributed by atoms with Gasteiger partial charge in [-0.3, -0.25) is 9.78 Å². The highest BCUT2D eigenvalue weighted by molar-refractivity contribution is 5.94. The van der Waals surface area contributed by atoms with E-state index < -0.39 is 5.60 Å². The zero-order valence-electron chi connectivity index (χ0n) is 17.5. The fraction of sp³-hybridized carbons (Fsp3) is 0.500. The van der Waals surface area contributed by atoms with Crippen LogP contribution in [-0.4, -0.2) is 84.3 Å². The molecule has 3 heterocycles. The summed E-state index contributed by atoms with van der Waals surface area (Å²) in [6.45, 7) is 5.55. The van der Waals surface area contributed by atoms with Crippen molar-refractivity contribution in [1.29, 1.82) is 0 Å². The van der Waals surface area contributed by atoms with Gasteiger partial charge in [0.2, 0.25) is 0 Å². The van der Waals surface area contributed by atoms with Crippen molar-refractivity contribution < 1.29 is 9.90 Å². The lowest BCUT2D eigenvalue weighted by molar-refractivity contribution is 0.0254. The van der Waals surface area contributed by atoms with Crippen molar-refractivity contribution in [2.45, 2.75) is 18.4 Å². The molecule has 0 saturated carbocycles. The van der Waals surface area contributed by atoms with Crippen LogP contribution in [0.5, 0.6) is 0 Å². The van der Waals surface area contributed by atoms with Gasteiger partial charge in [-0.25, -0.2) is 4.98 Å². The first-order chi connectivity index (χ1) is 14.5. The van der Waals surface area contributed by atoms with E-state index in [9.17, 15) is 9.90 Å². The third-order valence-corrected chi connectivity index (χ3v) is 6.00. The van der Waals surface area contributed by atoms with Gasteiger partial charge in [0.25, 0.3) is 5.91 Å². The third kappa shape index (κ3) is 4.88. The minimum atomic E-state index is -0.981. The first-order valence-corrected chi connectivity index (χ1v) is 10.6. The predicted octanol–water partition coefficient (Wildman–Crippen LogP) is 0.990. The Morgan fingerprint density at radius 3 is 2.57 bits per heavy atom. The largest absolute Gasteiger partial charge is 0.386 e. The van der Waals surface area contributed by atoms with E-state index in [1.807, 2.05) is 29.2 Å². The Hall–Kier alpha value is -2.71. The summed E-state index contributed by atoms with van der Waals surface area (Å²) in [6, 6.07) is 7.73. The number of aromatic nitrogens is 2. The summed E-state index contributed by atoms with van der Waals surface area (Å²) in [5, 5.41) is 13.9. The van der Waals surface area contributed by atoms with Gasteiger partial charge in [-0.05, 0) is 44.2 Å². The fourth-order valence-electron chi connectivity index (χ4n) is 4.14. The summed E-state index contributed by atoms with van der Waals surface area (Å²) in [6.07, 6.45) is 6.47. The lowest BCUT2D eigenvalue weighted by atomic mass is 9.92. The molecule has 1 aromatic heterocycles. The quantitative estimate of drug-likeness (QED) is 0.760. The van der Waals surface area contributed by atoms with Crippen LogP contribution in [0, 0.1) is 0 Å². The van der Waals surface area contributed by atoms with Crippen molar-refractivity contribution >= 4 is 17.4 Å². The van der Waals surface area contributed by atoms with Crippen LogP contribution in [0.3, 0.4) is 0 Å². The predicted molar refractivity (Wildman–Crippen MR) is 117 cm³/mol. The summed E-state index contributed by atoms with van der Waals surface area (Å²) in [5.74, 6) is 0.589. The lowest BCUT2D eigenvalue weighted by Crippen LogP contribution is -2.54. The average molecular weight is 411 g/mol. The second-order valence-corrected chi connectivity index (χ2v) is 8.33. The monoisotopic (exact) mass is 410 g/mol. The third-order valence-electron chi connectivity index (χ3n) is 6.00. The van der Waals surface area contributed by atoms with E-state index in [0.29, 0.717) is 18.5 Å². The maximum atomic E-state index is 12.6. The molecule has 160 valence electrons. The molecule has 2 saturated heterocycles. The van der Waals surface area contributed by atoms with Crippen LogP contribution in [0.2, 0.25) is 0 Å². The summed E-state index contributed by atoms with van der Waals surface area (Å²) >= 11 is 0. The molecule has 1 aromatic carbocycles. The van der Waals surface area contributed by atoms with Crippen LogP contribution in [0.1, 0.15) is 23.2 Å². The summed E-state index contributed by atoms with van der Waals surface area (Å²) in [7, 11) is 2.14. The van der Waals surface area contributed by atoms with Gasteiger partial charge in [-0.15, -0.1) is 0 Å². The van der Waals surface area contributed by atoms with Gasteiger partial charge in [-0.2, -0.15) is 0 Å². The van der Waals surface area contributed by atoms with Crippen molar-refractivity contribution in [3.05, 3.63) is 48.4 Å². The van der Waals surface area contributed by atoms with Crippen LogP contribution >= 0.6 is 0 Å². The Kier molecular flexibility index (Phi) is 6.15. The molecule has 1 amide bonds. The minimum absolute atomic E-state index is 0.162. The Balaban J connectivity index is 1.32. The first-order valence-electron chi connectivity index (χ1n) is 10.6. The van der Waals surface area contributed by atoms with E-state index in [0.717, 1.165) is 50.6 Å². The van der Waals surface area contributed by atoms with E-state index >= 15 is 0 Å². The molecule has 0 bridgehead atoms. The Morgan fingerprint density at radius 1 is 1.10 bits per heavy atom. The molecule has 2 aliphatic rings. The van der Waals surface area contributed by atoms with E-state index in [1.54, 1.807) is 18.6 Å². The maximum absolute atomic E-state index is 12.6. The SMILES string of the molecule is CN1CCN(c2ccc(C(=O)NC[C@@]3(O)CCCN(c4cnccn4)C3)cc2)CC1. The number of hydrogen-bond donors (Lipinski definition) is 2. The molecule has 0 aliphatic carbocycles. The molecule has 2 aliphatic heterocycles. The zero-order chi connectivity index (χ0) is 21.0. The Bertz CT molecular complexity index is 838. The van der Waals surface area contributed by atoms with Gasteiger partial charge in [-0.1, -0.05) is 0 Å². The maximum Gasteiger partial charge on any atom is 0.251 e. The van der Waals surface area contributed by atoms with Crippen molar-refractivity contribution in [1.82, 2.24) is 20.2 Å². The van der Waals surface area contributed by atoms with Crippen LogP contribution in [0.15, 0.2) is 42.9 Å². The number of likely N-dealkylation sites (N-methyl/N-ethyl adjacent to an activating group) is 1. The number of rotatable bonds is 5. The number of carbonyl (C=O) groups is 1. The smallest absolute Gasteiger partial charge is 0.251 e. The molecule has 1 atom stereocenters. The number of nitrogens with zero attached hydrogens (tertiary/aromatic N) is 5. The molecular formula is C22H30N6O2. The van der Waals surface area contributed by atoms with Crippen LogP contribution in [-0.2, 0) is 0 Å². The van der Waals surface area contributed by atoms with E-state index in [-0.39, 0.29) is 12.5 Å². The molecule has 8 nitrogen and oxygen atoms in total. The summed E-state index contributed by atoms with van der Waals surface area (Å²) in [4.78, 5) is 27.7. The molecule has 30 heavy (non-hydrogen) atoms. The van der Waals surface area contributed by atoms with Crippen molar-refractivity contribution in [3.8, 4) is 0 Å². The first kappa shape index (κ1) is 20.6. The summed E-state index contributed by atoms with van der Waals surface area (Å²) < 4.78 is 0. The Labute approximate surface area is 177 Å². The molecule has 8 heteroatoms. The van der Waals surface area contributed by atoms with Crippen molar-refractivity contribution in [2.75, 3.05) is 62.7 Å². The molecule has 2 fully saturated rings. The van der Waals surface area contributed by atoms with E-state index in [2.05, 4.69) is 32.1 Å². The highest BCUT2D eigenvalue weighted by atomic mass is 16.3. The van der Waals surface area contributed by atoms with Gasteiger partial charge in [0.05, 0.1) is 11.8 Å². The van der Waals surface area contributed by atoms with Gasteiger partial charge >= 0.3 is 0 Å². The highest BCUT2D eigenvalue weighted by Crippen LogP contribution is 2.24. The average Bonchev–Trinajstić information content (AvgIpc) is 2.79. The van der Waals surface area contributed by atoms with Crippen LogP contribution in [0.4, 0.5) is 11.5 Å². The number of carbonyl (C=O) groups excluding carboxylic acids is 1. The topological polar surface area (TPSA) is 84.8 Å². The lowest BCUT2D eigenvalue weighted by Gasteiger charge is -2.39.